The van der Waals surface area contributed by atoms with E-state index in [4.69, 9.17) is 0 Å². The molecular formula is C18H21IO3. The molecule has 0 heterocycles. The summed E-state index contributed by atoms with van der Waals surface area (Å²) in [6.45, 7) is 2.12. The number of ketones is 1. The molecule has 3 aliphatic rings. The Morgan fingerprint density at radius 1 is 1.32 bits per heavy atom. The van der Waals surface area contributed by atoms with Crippen molar-refractivity contribution in [3.05, 3.63) is 26.8 Å². The maximum absolute atomic E-state index is 12.3. The molecule has 0 aromatic heterocycles. The topological polar surface area (TPSA) is 57.5 Å². The molecule has 0 aliphatic heterocycles. The van der Waals surface area contributed by atoms with E-state index in [-0.39, 0.29) is 11.3 Å². The molecule has 3 unspecified atom stereocenters. The molecule has 0 radical (unpaired) electrons. The van der Waals surface area contributed by atoms with Crippen molar-refractivity contribution >= 4 is 28.4 Å². The second-order valence-corrected chi connectivity index (χ2v) is 8.64. The van der Waals surface area contributed by atoms with Crippen molar-refractivity contribution in [1.29, 1.82) is 0 Å². The predicted octanol–water partition coefficient (Wildman–Crippen LogP) is 3.39. The Bertz CT molecular complexity index is 656. The van der Waals surface area contributed by atoms with Gasteiger partial charge in [-0.1, -0.05) is 6.92 Å². The van der Waals surface area contributed by atoms with Gasteiger partial charge in [0.2, 0.25) is 0 Å². The molecule has 2 saturated carbocycles. The number of aromatic hydroxyl groups is 1. The van der Waals surface area contributed by atoms with Crippen LogP contribution in [0.15, 0.2) is 12.1 Å². The fourth-order valence-corrected chi connectivity index (χ4v) is 5.86. The van der Waals surface area contributed by atoms with Gasteiger partial charge in [0.05, 0.1) is 9.67 Å². The van der Waals surface area contributed by atoms with Crippen molar-refractivity contribution in [2.45, 2.75) is 51.0 Å². The number of halogens is 1. The summed E-state index contributed by atoms with van der Waals surface area (Å²) < 4.78 is 0.877. The summed E-state index contributed by atoms with van der Waals surface area (Å²) in [6, 6.07) is 3.92. The van der Waals surface area contributed by atoms with Crippen molar-refractivity contribution in [2.24, 2.45) is 17.3 Å². The average Bonchev–Trinajstić information content (AvgIpc) is 2.77. The Hall–Kier alpha value is -0.620. The largest absolute Gasteiger partial charge is 0.507 e. The zero-order valence-corrected chi connectivity index (χ0v) is 14.8. The predicted molar refractivity (Wildman–Crippen MR) is 91.8 cm³/mol. The molecule has 1 aromatic rings. The zero-order valence-electron chi connectivity index (χ0n) is 12.7. The van der Waals surface area contributed by atoms with Crippen LogP contribution in [-0.2, 0) is 11.2 Å². The van der Waals surface area contributed by atoms with Gasteiger partial charge in [0.15, 0.2) is 0 Å². The minimum atomic E-state index is -0.396. The number of aliphatic hydroxyl groups excluding tert-OH is 1. The molecule has 5 atom stereocenters. The summed E-state index contributed by atoms with van der Waals surface area (Å²) in [7, 11) is 0. The number of carbonyl (C=O) groups excluding carboxylic acids is 1. The number of benzene rings is 1. The molecule has 1 aromatic carbocycles. The van der Waals surface area contributed by atoms with Gasteiger partial charge in [0, 0.05) is 11.8 Å². The maximum Gasteiger partial charge on any atom is 0.139 e. The van der Waals surface area contributed by atoms with E-state index < -0.39 is 6.10 Å². The van der Waals surface area contributed by atoms with Crippen LogP contribution >= 0.6 is 22.6 Å². The highest BCUT2D eigenvalue weighted by atomic mass is 127. The van der Waals surface area contributed by atoms with Crippen LogP contribution in [0.4, 0.5) is 0 Å². The lowest BCUT2D eigenvalue weighted by atomic mass is 9.55. The van der Waals surface area contributed by atoms with Crippen LogP contribution in [0.2, 0.25) is 0 Å². The fourth-order valence-electron chi connectivity index (χ4n) is 5.37. The van der Waals surface area contributed by atoms with Gasteiger partial charge in [-0.05, 0) is 89.3 Å². The minimum absolute atomic E-state index is 0.193. The number of hydrogen-bond donors (Lipinski definition) is 2. The quantitative estimate of drug-likeness (QED) is 0.643. The first-order valence-corrected chi connectivity index (χ1v) is 9.22. The highest BCUT2D eigenvalue weighted by molar-refractivity contribution is 14.1. The van der Waals surface area contributed by atoms with Crippen molar-refractivity contribution in [3.8, 4) is 5.75 Å². The van der Waals surface area contributed by atoms with Gasteiger partial charge >= 0.3 is 0 Å². The smallest absolute Gasteiger partial charge is 0.139 e. The SMILES string of the molecule is C[C@]12CCC3c4cc(I)c(O)cc4C[C@H](O)C3C1CCC2=O. The van der Waals surface area contributed by atoms with Gasteiger partial charge in [-0.3, -0.25) is 4.79 Å². The molecule has 0 bridgehead atoms. The maximum atomic E-state index is 12.3. The first-order valence-electron chi connectivity index (χ1n) is 8.14. The summed E-state index contributed by atoms with van der Waals surface area (Å²) in [6.07, 6.45) is 3.71. The number of hydrogen-bond acceptors (Lipinski definition) is 3. The number of carbonyl (C=O) groups is 1. The van der Waals surface area contributed by atoms with E-state index in [1.807, 2.05) is 6.07 Å². The van der Waals surface area contributed by atoms with Crippen LogP contribution in [-0.4, -0.2) is 22.1 Å². The van der Waals surface area contributed by atoms with E-state index in [0.717, 1.165) is 28.4 Å². The van der Waals surface area contributed by atoms with Gasteiger partial charge in [-0.2, -0.15) is 0 Å². The molecule has 0 amide bonds. The molecule has 2 fully saturated rings. The third-order valence-electron chi connectivity index (χ3n) is 6.52. The first-order chi connectivity index (χ1) is 10.4. The third kappa shape index (κ3) is 1.92. The number of aliphatic hydroxyl groups is 1. The van der Waals surface area contributed by atoms with Crippen molar-refractivity contribution < 1.29 is 15.0 Å². The standard InChI is InChI=1S/C18H21IO3/c1-18-5-4-10-11-8-13(19)14(20)6-9(11)7-15(21)17(10)12(18)2-3-16(18)22/h6,8,10,12,15,17,20-21H,2-5,7H2,1H3/t10?,12?,15-,17?,18-/m0/s1. The highest BCUT2D eigenvalue weighted by Crippen LogP contribution is 2.59. The van der Waals surface area contributed by atoms with Crippen LogP contribution in [0.3, 0.4) is 0 Å². The Morgan fingerprint density at radius 2 is 2.09 bits per heavy atom. The van der Waals surface area contributed by atoms with Crippen LogP contribution in [0.25, 0.3) is 0 Å². The number of Topliss-reactive ketones (excluding diaryl/α,β-unsaturated/α-hetero) is 1. The monoisotopic (exact) mass is 412 g/mol. The molecule has 3 nitrogen and oxygen atoms in total. The zero-order chi connectivity index (χ0) is 15.6. The molecule has 0 spiro atoms. The summed E-state index contributed by atoms with van der Waals surface area (Å²) in [4.78, 5) is 12.3. The van der Waals surface area contributed by atoms with Crippen LogP contribution in [0, 0.1) is 20.8 Å². The van der Waals surface area contributed by atoms with E-state index >= 15 is 0 Å². The Morgan fingerprint density at radius 3 is 2.86 bits per heavy atom. The van der Waals surface area contributed by atoms with Gasteiger partial charge in [-0.25, -0.2) is 0 Å². The summed E-state index contributed by atoms with van der Waals surface area (Å²) in [5.41, 5.74) is 2.16. The van der Waals surface area contributed by atoms with Crippen LogP contribution in [0.5, 0.6) is 5.75 Å². The summed E-state index contributed by atoms with van der Waals surface area (Å²) >= 11 is 2.17. The van der Waals surface area contributed by atoms with Gasteiger partial charge in [0.25, 0.3) is 0 Å². The van der Waals surface area contributed by atoms with E-state index in [1.165, 1.54) is 5.56 Å². The molecule has 3 aliphatic carbocycles. The van der Waals surface area contributed by atoms with Crippen molar-refractivity contribution in [2.75, 3.05) is 0 Å². The van der Waals surface area contributed by atoms with Crippen LogP contribution in [0.1, 0.15) is 49.7 Å². The molecule has 118 valence electrons. The summed E-state index contributed by atoms with van der Waals surface area (Å²) in [5.74, 6) is 1.54. The molecule has 2 N–H and O–H groups in total. The van der Waals surface area contributed by atoms with E-state index in [2.05, 4.69) is 35.6 Å². The third-order valence-corrected chi connectivity index (χ3v) is 7.39. The molecular weight excluding hydrogens is 391 g/mol. The van der Waals surface area contributed by atoms with Gasteiger partial charge in [-0.15, -0.1) is 0 Å². The molecule has 22 heavy (non-hydrogen) atoms. The van der Waals surface area contributed by atoms with E-state index in [1.54, 1.807) is 0 Å². The molecule has 0 saturated heterocycles. The van der Waals surface area contributed by atoms with Crippen molar-refractivity contribution in [1.82, 2.24) is 0 Å². The summed E-state index contributed by atoms with van der Waals surface area (Å²) in [5, 5.41) is 20.7. The van der Waals surface area contributed by atoms with Crippen LogP contribution < -0.4 is 0 Å². The lowest BCUT2D eigenvalue weighted by Crippen LogP contribution is -2.48. The average molecular weight is 412 g/mol. The first kappa shape index (κ1) is 14.9. The lowest BCUT2D eigenvalue weighted by molar-refractivity contribution is -0.131. The minimum Gasteiger partial charge on any atom is -0.507 e. The number of phenolic OH excluding ortho intramolecular Hbond substituents is 1. The Balaban J connectivity index is 1.79. The van der Waals surface area contributed by atoms with Crippen molar-refractivity contribution in [3.63, 3.8) is 0 Å². The number of fused-ring (bicyclic) bond motifs is 5. The highest BCUT2D eigenvalue weighted by Gasteiger charge is 2.56. The molecule has 4 heteroatoms. The Labute approximate surface area is 144 Å². The normalized spacial score (nSPS) is 40.0. The second-order valence-electron chi connectivity index (χ2n) is 7.48. The molecule has 4 rings (SSSR count). The van der Waals surface area contributed by atoms with E-state index in [9.17, 15) is 15.0 Å². The second kappa shape index (κ2) is 4.94. The van der Waals surface area contributed by atoms with Gasteiger partial charge in [0.1, 0.15) is 11.5 Å². The van der Waals surface area contributed by atoms with Gasteiger partial charge < -0.3 is 10.2 Å². The fraction of sp³-hybridized carbons (Fsp3) is 0.611. The Kier molecular flexibility index (Phi) is 3.35. The lowest BCUT2D eigenvalue weighted by Gasteiger charge is -2.50. The van der Waals surface area contributed by atoms with E-state index in [0.29, 0.717) is 36.2 Å². The number of rotatable bonds is 0. The number of phenols is 1.